The van der Waals surface area contributed by atoms with Crippen LogP contribution < -0.4 is 66.3 Å². The number of unbranched alkanes of at least 4 members (excludes halogenated alkanes) is 1. The van der Waals surface area contributed by atoms with Gasteiger partial charge in [-0.3, -0.25) is 43.5 Å². The molecule has 0 spiro atoms. The molecule has 0 aliphatic carbocycles. The maximum atomic E-state index is 14.5. The number of rotatable bonds is 30. The highest BCUT2D eigenvalue weighted by Gasteiger charge is 2.34. The maximum absolute atomic E-state index is 14.5. The predicted molar refractivity (Wildman–Crippen MR) is 252 cm³/mol. The Kier molecular flexibility index (Phi) is 24.5. The van der Waals surface area contributed by atoms with Gasteiger partial charge in [0.05, 0.1) is 0 Å². The predicted octanol–water partition coefficient (Wildman–Crippen LogP) is -2.42. The number of carbonyl (C=O) groups is 7. The van der Waals surface area contributed by atoms with E-state index in [9.17, 15) is 43.8 Å². The third-order valence-corrected chi connectivity index (χ3v) is 10.6. The second-order valence-corrected chi connectivity index (χ2v) is 16.2. The zero-order chi connectivity index (χ0) is 50.1. The van der Waals surface area contributed by atoms with Crippen LogP contribution in [0.4, 0.5) is 0 Å². The van der Waals surface area contributed by atoms with Gasteiger partial charge < -0.3 is 76.5 Å². The monoisotopic (exact) mass is 939 g/mol. The Morgan fingerprint density at radius 1 is 0.537 bits per heavy atom. The Morgan fingerprint density at radius 3 is 1.33 bits per heavy atom. The first-order chi connectivity index (χ1) is 31.7. The summed E-state index contributed by atoms with van der Waals surface area (Å²) in [5.41, 5.74) is 34.1. The number of aliphatic imine (C=N–C) groups is 2. The number of benzene rings is 2. The van der Waals surface area contributed by atoms with Crippen molar-refractivity contribution in [2.45, 2.75) is 121 Å². The van der Waals surface area contributed by atoms with Crippen LogP contribution in [0.15, 0.2) is 58.5 Å². The SMILES string of the molecule is CC[C@H](C)[C@H](NC(=O)[C@H](CCCN=C(N)N)NC(=O)[C@H](Cc1ccc(O)cc1)NC(=O)[C@H](Cc1ccc(O)cc1)NC(=O)[C@H](CCCN=C(N)N)NC(C)=O)C(=O)N[C@@H](CCCCN)C(N)=O. The van der Waals surface area contributed by atoms with Crippen molar-refractivity contribution in [3.8, 4) is 11.5 Å². The lowest BCUT2D eigenvalue weighted by Crippen LogP contribution is -2.61. The van der Waals surface area contributed by atoms with Gasteiger partial charge in [-0.05, 0) is 92.8 Å². The highest BCUT2D eigenvalue weighted by atomic mass is 16.3. The van der Waals surface area contributed by atoms with E-state index < -0.39 is 83.5 Å². The van der Waals surface area contributed by atoms with Gasteiger partial charge in [0.25, 0.3) is 0 Å². The van der Waals surface area contributed by atoms with E-state index in [0.717, 1.165) is 0 Å². The number of hydrogen-bond donors (Lipinski definition) is 14. The van der Waals surface area contributed by atoms with Crippen LogP contribution in [0.5, 0.6) is 11.5 Å². The van der Waals surface area contributed by atoms with E-state index in [-0.39, 0.29) is 81.5 Å². The first-order valence-corrected chi connectivity index (χ1v) is 22.2. The molecule has 2 rings (SSSR count). The van der Waals surface area contributed by atoms with Gasteiger partial charge in [-0.15, -0.1) is 0 Å². The highest BCUT2D eigenvalue weighted by molar-refractivity contribution is 5.97. The Labute approximate surface area is 390 Å². The van der Waals surface area contributed by atoms with Crippen LogP contribution in [0, 0.1) is 5.92 Å². The van der Waals surface area contributed by atoms with Gasteiger partial charge in [0.2, 0.25) is 41.4 Å². The average Bonchev–Trinajstić information content (AvgIpc) is 3.27. The Bertz CT molecular complexity index is 1990. The Balaban J connectivity index is 2.56. The van der Waals surface area contributed by atoms with Crippen molar-refractivity contribution < 1.29 is 43.8 Å². The van der Waals surface area contributed by atoms with E-state index in [1.54, 1.807) is 6.92 Å². The second kappa shape index (κ2) is 29.4. The third-order valence-electron chi connectivity index (χ3n) is 10.6. The van der Waals surface area contributed by atoms with Crippen molar-refractivity contribution in [2.24, 2.45) is 50.3 Å². The molecule has 0 aliphatic heterocycles. The fourth-order valence-electron chi connectivity index (χ4n) is 6.76. The second-order valence-electron chi connectivity index (χ2n) is 16.2. The van der Waals surface area contributed by atoms with Crippen LogP contribution in [-0.2, 0) is 46.4 Å². The van der Waals surface area contributed by atoms with Crippen molar-refractivity contribution in [3.63, 3.8) is 0 Å². The summed E-state index contributed by atoms with van der Waals surface area (Å²) < 4.78 is 0. The molecule has 0 radical (unpaired) electrons. The van der Waals surface area contributed by atoms with Gasteiger partial charge in [0.15, 0.2) is 11.9 Å². The minimum absolute atomic E-state index is 0.0423. The van der Waals surface area contributed by atoms with Crippen LogP contribution in [-0.4, -0.2) is 119 Å². The maximum Gasteiger partial charge on any atom is 0.243 e. The third kappa shape index (κ3) is 21.6. The number of primary amides is 1. The molecule has 0 aliphatic rings. The van der Waals surface area contributed by atoms with E-state index in [4.69, 9.17) is 34.4 Å². The lowest BCUT2D eigenvalue weighted by molar-refractivity contribution is -0.136. The molecule has 0 aromatic heterocycles. The van der Waals surface area contributed by atoms with Gasteiger partial charge in [-0.2, -0.15) is 0 Å². The number of nitrogens with two attached hydrogens (primary N) is 6. The minimum atomic E-state index is -1.42. The molecule has 0 saturated carbocycles. The van der Waals surface area contributed by atoms with Crippen molar-refractivity contribution in [3.05, 3.63) is 59.7 Å². The highest BCUT2D eigenvalue weighted by Crippen LogP contribution is 2.16. The van der Waals surface area contributed by atoms with Crippen molar-refractivity contribution >= 4 is 53.3 Å². The zero-order valence-corrected chi connectivity index (χ0v) is 38.5. The molecule has 7 amide bonds. The van der Waals surface area contributed by atoms with Gasteiger partial charge in [0, 0.05) is 32.9 Å². The summed E-state index contributed by atoms with van der Waals surface area (Å²) in [5.74, 6) is -6.04. The number of amides is 7. The normalized spacial score (nSPS) is 14.0. The lowest BCUT2D eigenvalue weighted by atomic mass is 9.96. The van der Waals surface area contributed by atoms with E-state index in [1.807, 2.05) is 6.92 Å². The Morgan fingerprint density at radius 2 is 0.925 bits per heavy atom. The zero-order valence-electron chi connectivity index (χ0n) is 38.5. The molecule has 7 atom stereocenters. The smallest absolute Gasteiger partial charge is 0.243 e. The summed E-state index contributed by atoms with van der Waals surface area (Å²) in [6, 6.07) is 4.26. The molecular weight excluding hydrogens is 869 g/mol. The molecular formula is C44H70N14O9. The number of hydrogen-bond acceptors (Lipinski definition) is 12. The summed E-state index contributed by atoms with van der Waals surface area (Å²) in [5, 5.41) is 36.0. The molecule has 23 nitrogen and oxygen atoms in total. The molecule has 0 bridgehead atoms. The molecule has 67 heavy (non-hydrogen) atoms. The number of phenols is 2. The summed E-state index contributed by atoms with van der Waals surface area (Å²) in [6.07, 6.45) is 1.98. The molecule has 2 aromatic rings. The summed E-state index contributed by atoms with van der Waals surface area (Å²) in [7, 11) is 0. The number of guanidine groups is 2. The Hall–Kier alpha value is -7.17. The molecule has 0 unspecified atom stereocenters. The van der Waals surface area contributed by atoms with E-state index in [1.165, 1.54) is 55.5 Å². The summed E-state index contributed by atoms with van der Waals surface area (Å²) >= 11 is 0. The van der Waals surface area contributed by atoms with Crippen LogP contribution in [0.25, 0.3) is 0 Å². The number of phenolic OH excluding ortho intramolecular Hbond substituents is 2. The summed E-state index contributed by atoms with van der Waals surface area (Å²) in [4.78, 5) is 103. The molecule has 20 N–H and O–H groups in total. The van der Waals surface area contributed by atoms with Crippen LogP contribution >= 0.6 is 0 Å². The number of aromatic hydroxyl groups is 2. The van der Waals surface area contributed by atoms with Gasteiger partial charge in [-0.25, -0.2) is 0 Å². The number of nitrogens with one attached hydrogen (secondary N) is 6. The first-order valence-electron chi connectivity index (χ1n) is 22.2. The largest absolute Gasteiger partial charge is 0.508 e. The van der Waals surface area contributed by atoms with Crippen LogP contribution in [0.2, 0.25) is 0 Å². The molecule has 0 fully saturated rings. The molecule has 0 heterocycles. The topological polar surface area (TPSA) is 413 Å². The number of nitrogens with zero attached hydrogens (tertiary/aromatic N) is 2. The lowest BCUT2D eigenvalue weighted by Gasteiger charge is -2.29. The van der Waals surface area contributed by atoms with E-state index in [2.05, 4.69) is 41.9 Å². The quantitative estimate of drug-likeness (QED) is 0.0220. The molecule has 370 valence electrons. The molecule has 0 saturated heterocycles. The van der Waals surface area contributed by atoms with Crippen molar-refractivity contribution in [1.29, 1.82) is 0 Å². The summed E-state index contributed by atoms with van der Waals surface area (Å²) in [6.45, 7) is 5.36. The van der Waals surface area contributed by atoms with Crippen molar-refractivity contribution in [1.82, 2.24) is 31.9 Å². The van der Waals surface area contributed by atoms with Crippen LogP contribution in [0.1, 0.15) is 83.3 Å². The standard InChI is InChI=1S/C44H70N14O9/c1-4-25(2)36(42(67)54-31(37(46)62)9-5-6-20-45)58-39(64)33(11-8-22-52-44(49)50)55-40(65)34(23-27-12-16-29(60)17-13-27)57-41(66)35(24-28-14-18-30(61)19-15-28)56-38(63)32(53-26(3)59)10-7-21-51-43(47)48/h12-19,25,31-36,60-61H,4-11,20-24,45H2,1-3H3,(H2,46,62)(H,53,59)(H,54,67)(H,55,65)(H,56,63)(H,57,66)(H,58,64)(H4,47,48,51)(H4,49,50,52)/t25-,31-,32-,33-,34-,35-,36-/m0/s1. The first kappa shape index (κ1) is 56.0. The van der Waals surface area contributed by atoms with Crippen LogP contribution in [0.3, 0.4) is 0 Å². The fraction of sp³-hybridized carbons (Fsp3) is 0.523. The molecule has 2 aromatic carbocycles. The van der Waals surface area contributed by atoms with Crippen molar-refractivity contribution in [2.75, 3.05) is 19.6 Å². The average molecular weight is 939 g/mol. The van der Waals surface area contributed by atoms with Gasteiger partial charge >= 0.3 is 0 Å². The van der Waals surface area contributed by atoms with Gasteiger partial charge in [0.1, 0.15) is 47.8 Å². The molecule has 23 heteroatoms. The number of carbonyl (C=O) groups excluding carboxylic acids is 7. The van der Waals surface area contributed by atoms with E-state index >= 15 is 0 Å². The fourth-order valence-corrected chi connectivity index (χ4v) is 6.76. The van der Waals surface area contributed by atoms with E-state index in [0.29, 0.717) is 36.9 Å². The minimum Gasteiger partial charge on any atom is -0.508 e. The van der Waals surface area contributed by atoms with Gasteiger partial charge in [-0.1, -0.05) is 44.5 Å².